The Bertz CT molecular complexity index is 488. The summed E-state index contributed by atoms with van der Waals surface area (Å²) in [5.41, 5.74) is 6.32. The Morgan fingerprint density at radius 1 is 1.43 bits per heavy atom. The summed E-state index contributed by atoms with van der Waals surface area (Å²) < 4.78 is 19.6. The minimum Gasteiger partial charge on any atom is -0.409 e. The zero-order valence-electron chi connectivity index (χ0n) is 12.0. The summed E-state index contributed by atoms with van der Waals surface area (Å²) in [6, 6.07) is 4.53. The first-order valence-corrected chi connectivity index (χ1v) is 7.29. The van der Waals surface area contributed by atoms with Crippen molar-refractivity contribution in [2.45, 2.75) is 38.3 Å². The molecule has 0 heterocycles. The van der Waals surface area contributed by atoms with E-state index in [1.54, 1.807) is 12.1 Å². The van der Waals surface area contributed by atoms with Crippen LogP contribution in [0.2, 0.25) is 0 Å². The van der Waals surface area contributed by atoms with Gasteiger partial charge in [0.2, 0.25) is 0 Å². The molecule has 116 valence electrons. The van der Waals surface area contributed by atoms with Gasteiger partial charge in [0.05, 0.1) is 12.7 Å². The number of benzene rings is 1. The van der Waals surface area contributed by atoms with E-state index >= 15 is 0 Å². The molecule has 0 amide bonds. The molecule has 5 nitrogen and oxygen atoms in total. The second kappa shape index (κ2) is 7.95. The second-order valence-corrected chi connectivity index (χ2v) is 5.25. The van der Waals surface area contributed by atoms with Gasteiger partial charge >= 0.3 is 0 Å². The third-order valence-corrected chi connectivity index (χ3v) is 3.71. The number of amidine groups is 1. The Hall–Kier alpha value is -1.66. The SMILES string of the molecule is NC(=NO)c1ccc(CNCCOC2CCCC2)c(F)c1. The van der Waals surface area contributed by atoms with Crippen LogP contribution in [0, 0.1) is 5.82 Å². The first kappa shape index (κ1) is 15.7. The Morgan fingerprint density at radius 3 is 2.86 bits per heavy atom. The predicted molar refractivity (Wildman–Crippen MR) is 78.8 cm³/mol. The molecule has 21 heavy (non-hydrogen) atoms. The summed E-state index contributed by atoms with van der Waals surface area (Å²) >= 11 is 0. The largest absolute Gasteiger partial charge is 0.409 e. The number of nitrogens with zero attached hydrogens (tertiary/aromatic N) is 1. The van der Waals surface area contributed by atoms with Crippen molar-refractivity contribution in [3.8, 4) is 0 Å². The fourth-order valence-electron chi connectivity index (χ4n) is 2.48. The summed E-state index contributed by atoms with van der Waals surface area (Å²) in [4.78, 5) is 0. The number of hydrogen-bond acceptors (Lipinski definition) is 4. The van der Waals surface area contributed by atoms with Gasteiger partial charge in [0.1, 0.15) is 5.82 Å². The lowest BCUT2D eigenvalue weighted by Gasteiger charge is -2.12. The number of ether oxygens (including phenoxy) is 1. The maximum absolute atomic E-state index is 13.8. The fraction of sp³-hybridized carbons (Fsp3) is 0.533. The van der Waals surface area contributed by atoms with E-state index in [9.17, 15) is 4.39 Å². The number of hydrogen-bond donors (Lipinski definition) is 3. The minimum absolute atomic E-state index is 0.0987. The first-order chi connectivity index (χ1) is 10.2. The standard InChI is InChI=1S/C15H22FN3O2/c16-14-9-11(15(17)19-20)5-6-12(14)10-18-7-8-21-13-3-1-2-4-13/h5-6,9,13,18,20H,1-4,7-8,10H2,(H2,17,19). The lowest BCUT2D eigenvalue weighted by atomic mass is 10.1. The summed E-state index contributed by atoms with van der Waals surface area (Å²) in [6.07, 6.45) is 5.24. The highest BCUT2D eigenvalue weighted by molar-refractivity contribution is 5.97. The van der Waals surface area contributed by atoms with E-state index in [0.717, 1.165) is 12.8 Å². The Balaban J connectivity index is 1.72. The monoisotopic (exact) mass is 295 g/mol. The normalized spacial score (nSPS) is 16.5. The van der Waals surface area contributed by atoms with Crippen molar-refractivity contribution in [3.05, 3.63) is 35.1 Å². The van der Waals surface area contributed by atoms with Gasteiger partial charge in [-0.05, 0) is 18.9 Å². The Morgan fingerprint density at radius 2 is 2.19 bits per heavy atom. The molecule has 0 unspecified atom stereocenters. The molecule has 1 aromatic carbocycles. The van der Waals surface area contributed by atoms with Crippen molar-refractivity contribution in [1.29, 1.82) is 0 Å². The topological polar surface area (TPSA) is 79.9 Å². The van der Waals surface area contributed by atoms with Gasteiger partial charge in [0.25, 0.3) is 0 Å². The number of nitrogens with one attached hydrogen (secondary N) is 1. The van der Waals surface area contributed by atoms with Crippen LogP contribution in [0.1, 0.15) is 36.8 Å². The van der Waals surface area contributed by atoms with Gasteiger partial charge in [-0.1, -0.05) is 30.1 Å². The van der Waals surface area contributed by atoms with Crippen LogP contribution in [-0.4, -0.2) is 30.3 Å². The molecular formula is C15H22FN3O2. The van der Waals surface area contributed by atoms with E-state index < -0.39 is 0 Å². The number of halogens is 1. The van der Waals surface area contributed by atoms with E-state index in [2.05, 4.69) is 10.5 Å². The summed E-state index contributed by atoms with van der Waals surface area (Å²) in [5, 5.41) is 14.6. The molecule has 0 bridgehead atoms. The predicted octanol–water partition coefficient (Wildman–Crippen LogP) is 1.97. The van der Waals surface area contributed by atoms with E-state index in [1.165, 1.54) is 18.9 Å². The highest BCUT2D eigenvalue weighted by atomic mass is 19.1. The van der Waals surface area contributed by atoms with Crippen LogP contribution in [0.5, 0.6) is 0 Å². The highest BCUT2D eigenvalue weighted by Gasteiger charge is 2.14. The highest BCUT2D eigenvalue weighted by Crippen LogP contribution is 2.20. The molecule has 1 aliphatic rings. The fourth-order valence-corrected chi connectivity index (χ4v) is 2.48. The minimum atomic E-state index is -0.372. The maximum Gasteiger partial charge on any atom is 0.170 e. The van der Waals surface area contributed by atoms with Gasteiger partial charge in [-0.3, -0.25) is 0 Å². The summed E-state index contributed by atoms with van der Waals surface area (Å²) in [7, 11) is 0. The smallest absolute Gasteiger partial charge is 0.170 e. The quantitative estimate of drug-likeness (QED) is 0.236. The lowest BCUT2D eigenvalue weighted by molar-refractivity contribution is 0.0602. The van der Waals surface area contributed by atoms with Crippen molar-refractivity contribution >= 4 is 5.84 Å². The summed E-state index contributed by atoms with van der Waals surface area (Å²) in [6.45, 7) is 1.77. The molecule has 0 saturated heterocycles. The molecule has 0 atom stereocenters. The first-order valence-electron chi connectivity index (χ1n) is 7.29. The maximum atomic E-state index is 13.8. The van der Waals surface area contributed by atoms with E-state index in [-0.39, 0.29) is 11.7 Å². The molecule has 0 radical (unpaired) electrons. The molecule has 1 saturated carbocycles. The van der Waals surface area contributed by atoms with Gasteiger partial charge in [0.15, 0.2) is 5.84 Å². The molecule has 6 heteroatoms. The molecule has 0 aliphatic heterocycles. The number of nitrogens with two attached hydrogens (primary N) is 1. The molecule has 2 rings (SSSR count). The van der Waals surface area contributed by atoms with Crippen molar-refractivity contribution < 1.29 is 14.3 Å². The molecule has 0 spiro atoms. The van der Waals surface area contributed by atoms with Gasteiger partial charge in [-0.25, -0.2) is 4.39 Å². The van der Waals surface area contributed by atoms with E-state index in [4.69, 9.17) is 15.7 Å². The number of oxime groups is 1. The van der Waals surface area contributed by atoms with Crippen molar-refractivity contribution in [2.75, 3.05) is 13.2 Å². The average Bonchev–Trinajstić information content (AvgIpc) is 3.00. The van der Waals surface area contributed by atoms with Crippen molar-refractivity contribution in [2.24, 2.45) is 10.9 Å². The van der Waals surface area contributed by atoms with Gasteiger partial charge < -0.3 is 21.0 Å². The molecule has 1 fully saturated rings. The zero-order chi connectivity index (χ0) is 15.1. The summed E-state index contributed by atoms with van der Waals surface area (Å²) in [5.74, 6) is -0.471. The van der Waals surface area contributed by atoms with Crippen LogP contribution >= 0.6 is 0 Å². The van der Waals surface area contributed by atoms with Crippen LogP contribution in [0.25, 0.3) is 0 Å². The third kappa shape index (κ3) is 4.68. The lowest BCUT2D eigenvalue weighted by Crippen LogP contribution is -2.22. The zero-order valence-corrected chi connectivity index (χ0v) is 12.0. The van der Waals surface area contributed by atoms with Crippen LogP contribution < -0.4 is 11.1 Å². The molecular weight excluding hydrogens is 273 g/mol. The van der Waals surface area contributed by atoms with E-state index in [1.807, 2.05) is 0 Å². The molecule has 1 aliphatic carbocycles. The van der Waals surface area contributed by atoms with Gasteiger partial charge in [0, 0.05) is 24.2 Å². The number of rotatable bonds is 7. The van der Waals surface area contributed by atoms with Gasteiger partial charge in [-0.2, -0.15) is 0 Å². The average molecular weight is 295 g/mol. The third-order valence-electron chi connectivity index (χ3n) is 3.71. The van der Waals surface area contributed by atoms with Crippen LogP contribution in [-0.2, 0) is 11.3 Å². The van der Waals surface area contributed by atoms with E-state index in [0.29, 0.717) is 36.9 Å². The van der Waals surface area contributed by atoms with Gasteiger partial charge in [-0.15, -0.1) is 0 Å². The Kier molecular flexibility index (Phi) is 5.95. The second-order valence-electron chi connectivity index (χ2n) is 5.25. The van der Waals surface area contributed by atoms with Crippen molar-refractivity contribution in [1.82, 2.24) is 5.32 Å². The van der Waals surface area contributed by atoms with Crippen LogP contribution in [0.3, 0.4) is 0 Å². The van der Waals surface area contributed by atoms with Crippen molar-refractivity contribution in [3.63, 3.8) is 0 Å². The molecule has 4 N–H and O–H groups in total. The Labute approximate surface area is 124 Å². The van der Waals surface area contributed by atoms with Crippen LogP contribution in [0.15, 0.2) is 23.4 Å². The van der Waals surface area contributed by atoms with Crippen LogP contribution in [0.4, 0.5) is 4.39 Å². The molecule has 1 aromatic rings. The molecule has 0 aromatic heterocycles.